The lowest BCUT2D eigenvalue weighted by molar-refractivity contribution is -0.122. The summed E-state index contributed by atoms with van der Waals surface area (Å²) in [6, 6.07) is 12.3. The number of aryl methyl sites for hydroxylation is 1. The Bertz CT molecular complexity index is 1220. The van der Waals surface area contributed by atoms with Gasteiger partial charge in [0.05, 0.1) is 23.4 Å². The van der Waals surface area contributed by atoms with Gasteiger partial charge in [0.2, 0.25) is 26.0 Å². The number of hydrogen-bond donors (Lipinski definition) is 1. The van der Waals surface area contributed by atoms with Crippen LogP contribution in [-0.4, -0.2) is 65.6 Å². The van der Waals surface area contributed by atoms with E-state index in [4.69, 9.17) is 4.74 Å². The molecule has 0 aliphatic carbocycles. The summed E-state index contributed by atoms with van der Waals surface area (Å²) in [5.74, 6) is 0.0568. The van der Waals surface area contributed by atoms with Crippen molar-refractivity contribution < 1.29 is 26.4 Å². The highest BCUT2D eigenvalue weighted by Crippen LogP contribution is 2.24. The van der Waals surface area contributed by atoms with Crippen molar-refractivity contribution in [3.63, 3.8) is 0 Å². The molecule has 1 aliphatic heterocycles. The van der Waals surface area contributed by atoms with Gasteiger partial charge in [0.1, 0.15) is 18.4 Å². The fraction of sp³-hybridized carbons (Fsp3) is 0.480. The lowest BCUT2D eigenvalue weighted by Gasteiger charge is -2.30. The molecule has 0 unspecified atom stereocenters. The zero-order chi connectivity index (χ0) is 26.3. The topological polar surface area (TPSA) is 113 Å². The number of anilines is 1. The Labute approximate surface area is 214 Å². The SMILES string of the molecule is CC[C@H](C(=O)NCCOc1ccc(S(=O)(=O)N2CCCCC2)cc1)N(c1ccc(C)cc1)S(C)(=O)=O. The summed E-state index contributed by atoms with van der Waals surface area (Å²) >= 11 is 0. The maximum atomic E-state index is 12.9. The molecule has 1 N–H and O–H groups in total. The molecule has 0 spiro atoms. The van der Waals surface area contributed by atoms with E-state index >= 15 is 0 Å². The number of carbonyl (C=O) groups is 1. The first kappa shape index (κ1) is 27.9. The van der Waals surface area contributed by atoms with Crippen molar-refractivity contribution in [2.75, 3.05) is 36.8 Å². The van der Waals surface area contributed by atoms with E-state index in [1.165, 1.54) is 16.4 Å². The van der Waals surface area contributed by atoms with Crippen molar-refractivity contribution in [1.29, 1.82) is 0 Å². The lowest BCUT2D eigenvalue weighted by Crippen LogP contribution is -2.50. The normalized spacial score (nSPS) is 15.8. The number of amides is 1. The lowest BCUT2D eigenvalue weighted by atomic mass is 10.1. The molecule has 0 aromatic heterocycles. The Balaban J connectivity index is 1.56. The van der Waals surface area contributed by atoms with Gasteiger partial charge in [0.25, 0.3) is 0 Å². The van der Waals surface area contributed by atoms with E-state index in [-0.39, 0.29) is 18.0 Å². The number of piperidine rings is 1. The Morgan fingerprint density at radius 2 is 1.61 bits per heavy atom. The molecule has 2 aromatic rings. The molecule has 1 amide bonds. The van der Waals surface area contributed by atoms with Crippen LogP contribution in [0.4, 0.5) is 5.69 Å². The van der Waals surface area contributed by atoms with Crippen LogP contribution in [0.15, 0.2) is 53.4 Å². The van der Waals surface area contributed by atoms with Crippen molar-refractivity contribution in [3.8, 4) is 5.75 Å². The summed E-state index contributed by atoms with van der Waals surface area (Å²) < 4.78 is 58.9. The van der Waals surface area contributed by atoms with Crippen molar-refractivity contribution in [2.45, 2.75) is 50.5 Å². The van der Waals surface area contributed by atoms with E-state index in [0.29, 0.717) is 30.9 Å². The van der Waals surface area contributed by atoms with Crippen molar-refractivity contribution in [2.24, 2.45) is 0 Å². The molecule has 0 saturated carbocycles. The monoisotopic (exact) mass is 537 g/mol. The quantitative estimate of drug-likeness (QED) is 0.441. The fourth-order valence-corrected chi connectivity index (χ4v) is 6.90. The zero-order valence-electron chi connectivity index (χ0n) is 21.0. The smallest absolute Gasteiger partial charge is 0.244 e. The standard InChI is InChI=1S/C25H35N3O6S2/c1-4-24(28(35(3,30)31)21-10-8-20(2)9-11-21)25(29)26-16-19-34-22-12-14-23(15-13-22)36(32,33)27-17-6-5-7-18-27/h8-15,24H,4-7,16-19H2,1-3H3,(H,26,29)/t24-/m1/s1. The molecule has 1 atom stereocenters. The Kier molecular flexibility index (Phi) is 9.37. The number of sulfonamides is 2. The number of carbonyl (C=O) groups excluding carboxylic acids is 1. The summed E-state index contributed by atoms with van der Waals surface area (Å²) in [7, 11) is -7.20. The van der Waals surface area contributed by atoms with Gasteiger partial charge in [-0.2, -0.15) is 4.31 Å². The summed E-state index contributed by atoms with van der Waals surface area (Å²) in [5.41, 5.74) is 1.42. The molecule has 1 heterocycles. The van der Waals surface area contributed by atoms with Crippen molar-refractivity contribution in [3.05, 3.63) is 54.1 Å². The van der Waals surface area contributed by atoms with Gasteiger partial charge in [-0.3, -0.25) is 9.10 Å². The highest BCUT2D eigenvalue weighted by atomic mass is 32.2. The minimum atomic E-state index is -3.70. The van der Waals surface area contributed by atoms with E-state index in [0.717, 1.165) is 35.4 Å². The van der Waals surface area contributed by atoms with Gasteiger partial charge in [0, 0.05) is 13.1 Å². The maximum Gasteiger partial charge on any atom is 0.244 e. The number of hydrogen-bond acceptors (Lipinski definition) is 6. The summed E-state index contributed by atoms with van der Waals surface area (Å²) in [4.78, 5) is 13.1. The molecule has 2 aromatic carbocycles. The van der Waals surface area contributed by atoms with Gasteiger partial charge < -0.3 is 10.1 Å². The molecule has 1 aliphatic rings. The molecule has 11 heteroatoms. The summed E-state index contributed by atoms with van der Waals surface area (Å²) in [5, 5.41) is 2.74. The van der Waals surface area contributed by atoms with Crippen molar-refractivity contribution >= 4 is 31.6 Å². The predicted molar refractivity (Wildman–Crippen MR) is 140 cm³/mol. The first-order valence-electron chi connectivity index (χ1n) is 12.1. The Morgan fingerprint density at radius 1 is 1.00 bits per heavy atom. The average Bonchev–Trinajstić information content (AvgIpc) is 2.86. The molecule has 0 radical (unpaired) electrons. The predicted octanol–water partition coefficient (Wildman–Crippen LogP) is 2.91. The second kappa shape index (κ2) is 12.1. The maximum absolute atomic E-state index is 12.9. The van der Waals surface area contributed by atoms with Gasteiger partial charge in [-0.1, -0.05) is 31.0 Å². The minimum Gasteiger partial charge on any atom is -0.492 e. The van der Waals surface area contributed by atoms with Crippen LogP contribution in [0.5, 0.6) is 5.75 Å². The van der Waals surface area contributed by atoms with Gasteiger partial charge in [-0.05, 0) is 62.6 Å². The van der Waals surface area contributed by atoms with Gasteiger partial charge in [0.15, 0.2) is 0 Å². The summed E-state index contributed by atoms with van der Waals surface area (Å²) in [6.07, 6.45) is 4.17. The van der Waals surface area contributed by atoms with E-state index < -0.39 is 32.0 Å². The third kappa shape index (κ3) is 6.98. The Morgan fingerprint density at radius 3 is 2.17 bits per heavy atom. The molecular weight excluding hydrogens is 502 g/mol. The van der Waals surface area contributed by atoms with Crippen LogP contribution in [0, 0.1) is 6.92 Å². The molecule has 1 saturated heterocycles. The molecule has 0 bridgehead atoms. The summed E-state index contributed by atoms with van der Waals surface area (Å²) in [6.45, 7) is 5.05. The van der Waals surface area contributed by atoms with Gasteiger partial charge in [-0.25, -0.2) is 16.8 Å². The molecule has 3 rings (SSSR count). The molecule has 198 valence electrons. The van der Waals surface area contributed by atoms with Crippen LogP contribution in [0.2, 0.25) is 0 Å². The molecular formula is C25H35N3O6S2. The van der Waals surface area contributed by atoms with Crippen LogP contribution in [0.1, 0.15) is 38.2 Å². The Hall–Kier alpha value is -2.63. The number of nitrogens with one attached hydrogen (secondary N) is 1. The van der Waals surface area contributed by atoms with Gasteiger partial charge in [-0.15, -0.1) is 0 Å². The first-order chi connectivity index (χ1) is 17.0. The molecule has 36 heavy (non-hydrogen) atoms. The van der Waals surface area contributed by atoms with Crippen LogP contribution in [0.25, 0.3) is 0 Å². The number of benzene rings is 2. The zero-order valence-corrected chi connectivity index (χ0v) is 22.6. The second-order valence-electron chi connectivity index (χ2n) is 8.89. The fourth-order valence-electron chi connectivity index (χ4n) is 4.18. The van der Waals surface area contributed by atoms with Crippen LogP contribution >= 0.6 is 0 Å². The van der Waals surface area contributed by atoms with Crippen molar-refractivity contribution in [1.82, 2.24) is 9.62 Å². The largest absolute Gasteiger partial charge is 0.492 e. The van der Waals surface area contributed by atoms with Crippen LogP contribution in [0.3, 0.4) is 0 Å². The van der Waals surface area contributed by atoms with Crippen LogP contribution < -0.4 is 14.4 Å². The van der Waals surface area contributed by atoms with Crippen LogP contribution in [-0.2, 0) is 24.8 Å². The highest BCUT2D eigenvalue weighted by Gasteiger charge is 2.31. The second-order valence-corrected chi connectivity index (χ2v) is 12.7. The molecule has 1 fully saturated rings. The first-order valence-corrected chi connectivity index (χ1v) is 15.4. The third-order valence-corrected chi connectivity index (χ3v) is 9.16. The minimum absolute atomic E-state index is 0.143. The van der Waals surface area contributed by atoms with E-state index in [1.807, 2.05) is 6.92 Å². The molecule has 9 nitrogen and oxygen atoms in total. The van der Waals surface area contributed by atoms with E-state index in [9.17, 15) is 21.6 Å². The highest BCUT2D eigenvalue weighted by molar-refractivity contribution is 7.92. The van der Waals surface area contributed by atoms with E-state index in [1.54, 1.807) is 43.3 Å². The third-order valence-electron chi connectivity index (χ3n) is 6.06. The van der Waals surface area contributed by atoms with E-state index in [2.05, 4.69) is 5.32 Å². The van der Waals surface area contributed by atoms with Gasteiger partial charge >= 0.3 is 0 Å². The number of nitrogens with zero attached hydrogens (tertiary/aromatic N) is 2. The average molecular weight is 538 g/mol. The number of rotatable bonds is 11. The number of ether oxygens (including phenoxy) is 1.